The largest absolute Gasteiger partial charge is 0.328 e. The fourth-order valence-corrected chi connectivity index (χ4v) is 2.18. The first-order valence-corrected chi connectivity index (χ1v) is 4.91. The van der Waals surface area contributed by atoms with Crippen LogP contribution in [0.4, 0.5) is 10.5 Å². The number of rotatable bonds is 0. The van der Waals surface area contributed by atoms with E-state index in [0.29, 0.717) is 0 Å². The van der Waals surface area contributed by atoms with Crippen molar-refractivity contribution in [3.63, 3.8) is 0 Å². The smallest absolute Gasteiger partial charge is 0.319 e. The number of anilines is 1. The summed E-state index contributed by atoms with van der Waals surface area (Å²) >= 11 is 0. The Balaban J connectivity index is 2.21. The number of hydrogen-bond donors (Lipinski definition) is 2. The number of benzene rings is 1. The molecule has 2 aliphatic rings. The molecular weight excluding hydrogens is 176 g/mol. The van der Waals surface area contributed by atoms with Gasteiger partial charge in [-0.2, -0.15) is 0 Å². The molecule has 14 heavy (non-hydrogen) atoms. The molecule has 1 aliphatic heterocycles. The standard InChI is InChI=1S/C11H12N2O/c1-7-3-2-4-8-9(7)12-10(14)13-11(8)5-6-11/h2-4H,5-6H2,1H3,(H2,12,13,14). The van der Waals surface area contributed by atoms with Crippen LogP contribution in [0.15, 0.2) is 18.2 Å². The third-order valence-corrected chi connectivity index (χ3v) is 3.13. The summed E-state index contributed by atoms with van der Waals surface area (Å²) in [5.74, 6) is 0. The molecule has 3 nitrogen and oxygen atoms in total. The molecule has 1 aromatic rings. The molecule has 0 bridgehead atoms. The molecule has 0 unspecified atom stereocenters. The summed E-state index contributed by atoms with van der Waals surface area (Å²) in [6, 6.07) is 6.11. The fourth-order valence-electron chi connectivity index (χ4n) is 2.18. The van der Waals surface area contributed by atoms with E-state index in [0.717, 1.165) is 24.1 Å². The van der Waals surface area contributed by atoms with Gasteiger partial charge < -0.3 is 10.6 Å². The Morgan fingerprint density at radius 1 is 1.36 bits per heavy atom. The maximum absolute atomic E-state index is 11.4. The van der Waals surface area contributed by atoms with Gasteiger partial charge in [0.25, 0.3) is 0 Å². The predicted molar refractivity (Wildman–Crippen MR) is 54.2 cm³/mol. The van der Waals surface area contributed by atoms with Gasteiger partial charge in [0.1, 0.15) is 0 Å². The Labute approximate surface area is 82.5 Å². The lowest BCUT2D eigenvalue weighted by Gasteiger charge is -2.28. The number of para-hydroxylation sites is 1. The highest BCUT2D eigenvalue weighted by Gasteiger charge is 2.49. The Morgan fingerprint density at radius 2 is 2.14 bits per heavy atom. The Hall–Kier alpha value is -1.51. The SMILES string of the molecule is Cc1cccc2c1NC(=O)NC21CC1. The molecule has 3 rings (SSSR count). The van der Waals surface area contributed by atoms with Gasteiger partial charge >= 0.3 is 6.03 Å². The molecule has 1 fully saturated rings. The van der Waals surface area contributed by atoms with Crippen LogP contribution in [-0.2, 0) is 5.54 Å². The third kappa shape index (κ3) is 0.895. The maximum atomic E-state index is 11.4. The second-order valence-corrected chi connectivity index (χ2v) is 4.16. The zero-order chi connectivity index (χ0) is 9.76. The molecule has 1 aromatic carbocycles. The van der Waals surface area contributed by atoms with Crippen molar-refractivity contribution in [1.29, 1.82) is 0 Å². The van der Waals surface area contributed by atoms with Crippen LogP contribution in [0.1, 0.15) is 24.0 Å². The van der Waals surface area contributed by atoms with Crippen LogP contribution in [0, 0.1) is 6.92 Å². The van der Waals surface area contributed by atoms with E-state index in [-0.39, 0.29) is 11.6 Å². The van der Waals surface area contributed by atoms with Crippen molar-refractivity contribution in [2.75, 3.05) is 5.32 Å². The van der Waals surface area contributed by atoms with Crippen molar-refractivity contribution in [1.82, 2.24) is 5.32 Å². The van der Waals surface area contributed by atoms with Crippen LogP contribution < -0.4 is 10.6 Å². The first-order valence-electron chi connectivity index (χ1n) is 4.91. The average molecular weight is 188 g/mol. The lowest BCUT2D eigenvalue weighted by molar-refractivity contribution is 0.246. The number of nitrogens with one attached hydrogen (secondary N) is 2. The highest BCUT2D eigenvalue weighted by Crippen LogP contribution is 2.50. The number of amides is 2. The number of aryl methyl sites for hydroxylation is 1. The number of hydrogen-bond acceptors (Lipinski definition) is 1. The van der Waals surface area contributed by atoms with E-state index in [4.69, 9.17) is 0 Å². The summed E-state index contributed by atoms with van der Waals surface area (Å²) < 4.78 is 0. The van der Waals surface area contributed by atoms with E-state index in [2.05, 4.69) is 16.7 Å². The van der Waals surface area contributed by atoms with E-state index >= 15 is 0 Å². The van der Waals surface area contributed by atoms with Crippen LogP contribution in [-0.4, -0.2) is 6.03 Å². The molecule has 0 saturated heterocycles. The second kappa shape index (κ2) is 2.29. The first-order chi connectivity index (χ1) is 6.71. The quantitative estimate of drug-likeness (QED) is 0.643. The molecule has 1 spiro atoms. The van der Waals surface area contributed by atoms with Gasteiger partial charge in [0.2, 0.25) is 0 Å². The van der Waals surface area contributed by atoms with Gasteiger partial charge in [0, 0.05) is 5.56 Å². The lowest BCUT2D eigenvalue weighted by atomic mass is 9.97. The van der Waals surface area contributed by atoms with Crippen LogP contribution in [0.5, 0.6) is 0 Å². The molecule has 2 N–H and O–H groups in total. The van der Waals surface area contributed by atoms with Crippen molar-refractivity contribution in [3.05, 3.63) is 29.3 Å². The van der Waals surface area contributed by atoms with Gasteiger partial charge in [-0.15, -0.1) is 0 Å². The fraction of sp³-hybridized carbons (Fsp3) is 0.364. The summed E-state index contributed by atoms with van der Waals surface area (Å²) in [5.41, 5.74) is 3.36. The van der Waals surface area contributed by atoms with Gasteiger partial charge in [0.15, 0.2) is 0 Å². The van der Waals surface area contributed by atoms with Crippen LogP contribution in [0.25, 0.3) is 0 Å². The molecular formula is C11H12N2O. The first kappa shape index (κ1) is 7.85. The zero-order valence-electron chi connectivity index (χ0n) is 8.05. The molecule has 2 amide bonds. The summed E-state index contributed by atoms with van der Waals surface area (Å²) in [5, 5.41) is 5.87. The molecule has 0 radical (unpaired) electrons. The lowest BCUT2D eigenvalue weighted by Crippen LogP contribution is -2.43. The minimum atomic E-state index is -0.0655. The molecule has 1 heterocycles. The minimum absolute atomic E-state index is 0.0380. The van der Waals surface area contributed by atoms with Crippen LogP contribution in [0.3, 0.4) is 0 Å². The van der Waals surface area contributed by atoms with Gasteiger partial charge in [0.05, 0.1) is 11.2 Å². The van der Waals surface area contributed by atoms with Crippen molar-refractivity contribution in [2.24, 2.45) is 0 Å². The molecule has 72 valence electrons. The van der Waals surface area contributed by atoms with E-state index in [1.165, 1.54) is 5.56 Å². The monoisotopic (exact) mass is 188 g/mol. The van der Waals surface area contributed by atoms with Crippen molar-refractivity contribution >= 4 is 11.7 Å². The zero-order valence-corrected chi connectivity index (χ0v) is 8.05. The van der Waals surface area contributed by atoms with Gasteiger partial charge in [-0.05, 0) is 25.3 Å². The average Bonchev–Trinajstić information content (AvgIpc) is 2.88. The molecule has 1 saturated carbocycles. The van der Waals surface area contributed by atoms with Crippen molar-refractivity contribution in [3.8, 4) is 0 Å². The normalized spacial score (nSPS) is 21.1. The summed E-state index contributed by atoms with van der Waals surface area (Å²) in [6.45, 7) is 2.03. The third-order valence-electron chi connectivity index (χ3n) is 3.13. The van der Waals surface area contributed by atoms with E-state index in [9.17, 15) is 4.79 Å². The van der Waals surface area contributed by atoms with E-state index < -0.39 is 0 Å². The molecule has 0 atom stereocenters. The Bertz CT molecular complexity index is 421. The Morgan fingerprint density at radius 3 is 2.86 bits per heavy atom. The van der Waals surface area contributed by atoms with Crippen molar-refractivity contribution < 1.29 is 4.79 Å². The maximum Gasteiger partial charge on any atom is 0.319 e. The topological polar surface area (TPSA) is 41.1 Å². The van der Waals surface area contributed by atoms with E-state index in [1.54, 1.807) is 0 Å². The summed E-state index contributed by atoms with van der Waals surface area (Å²) in [6.07, 6.45) is 2.13. The summed E-state index contributed by atoms with van der Waals surface area (Å²) in [7, 11) is 0. The van der Waals surface area contributed by atoms with Crippen LogP contribution >= 0.6 is 0 Å². The number of carbonyl (C=O) groups excluding carboxylic acids is 1. The van der Waals surface area contributed by atoms with Gasteiger partial charge in [-0.3, -0.25) is 0 Å². The molecule has 0 aromatic heterocycles. The highest BCUT2D eigenvalue weighted by molar-refractivity contribution is 5.95. The predicted octanol–water partition coefficient (Wildman–Crippen LogP) is 2.12. The van der Waals surface area contributed by atoms with E-state index in [1.807, 2.05) is 19.1 Å². The van der Waals surface area contributed by atoms with Gasteiger partial charge in [-0.1, -0.05) is 18.2 Å². The van der Waals surface area contributed by atoms with Crippen molar-refractivity contribution in [2.45, 2.75) is 25.3 Å². The number of carbonyl (C=O) groups is 1. The minimum Gasteiger partial charge on any atom is -0.328 e. The Kier molecular flexibility index (Phi) is 1.29. The second-order valence-electron chi connectivity index (χ2n) is 4.16. The molecule has 1 aliphatic carbocycles. The van der Waals surface area contributed by atoms with Gasteiger partial charge in [-0.25, -0.2) is 4.79 Å². The molecule has 3 heteroatoms. The number of urea groups is 1. The van der Waals surface area contributed by atoms with Crippen LogP contribution in [0.2, 0.25) is 0 Å². The number of fused-ring (bicyclic) bond motifs is 2. The summed E-state index contributed by atoms with van der Waals surface area (Å²) in [4.78, 5) is 11.4. The highest BCUT2D eigenvalue weighted by atomic mass is 16.2.